The molecule has 0 saturated heterocycles. The number of rotatable bonds is 2. The van der Waals surface area contributed by atoms with Gasteiger partial charge in [-0.25, -0.2) is 8.78 Å². The van der Waals surface area contributed by atoms with Crippen LogP contribution in [0, 0.1) is 11.6 Å². The van der Waals surface area contributed by atoms with Crippen LogP contribution in [-0.2, 0) is 5.41 Å². The van der Waals surface area contributed by atoms with Crippen molar-refractivity contribution in [3.8, 4) is 0 Å². The van der Waals surface area contributed by atoms with Gasteiger partial charge in [-0.15, -0.1) is 0 Å². The van der Waals surface area contributed by atoms with Crippen molar-refractivity contribution in [1.29, 1.82) is 0 Å². The molecule has 0 atom stereocenters. The molecule has 1 aromatic rings. The predicted octanol–water partition coefficient (Wildman–Crippen LogP) is 2.72. The first-order valence-corrected chi connectivity index (χ1v) is 5.23. The molecule has 1 aliphatic rings. The Hall–Kier alpha value is -0.480. The van der Waals surface area contributed by atoms with E-state index in [9.17, 15) is 8.78 Å². The lowest BCUT2D eigenvalue weighted by atomic mass is 9.96. The molecule has 2 N–H and O–H groups in total. The van der Waals surface area contributed by atoms with E-state index in [1.807, 2.05) is 0 Å². The Morgan fingerprint density at radius 1 is 1.36 bits per heavy atom. The summed E-state index contributed by atoms with van der Waals surface area (Å²) in [5.74, 6) is -1.64. The SMILES string of the molecule is NCC1(c2cc(F)c(F)c(Br)c2)CC1. The number of hydrogen-bond donors (Lipinski definition) is 1. The lowest BCUT2D eigenvalue weighted by Crippen LogP contribution is -2.20. The van der Waals surface area contributed by atoms with Crippen LogP contribution in [0.15, 0.2) is 16.6 Å². The van der Waals surface area contributed by atoms with Gasteiger partial charge in [0.25, 0.3) is 0 Å². The van der Waals surface area contributed by atoms with Gasteiger partial charge >= 0.3 is 0 Å². The van der Waals surface area contributed by atoms with Crippen LogP contribution in [0.3, 0.4) is 0 Å². The predicted molar refractivity (Wildman–Crippen MR) is 54.0 cm³/mol. The molecule has 0 aromatic heterocycles. The van der Waals surface area contributed by atoms with Crippen LogP contribution < -0.4 is 5.73 Å². The van der Waals surface area contributed by atoms with Crippen molar-refractivity contribution < 1.29 is 8.78 Å². The zero-order valence-electron chi connectivity index (χ0n) is 7.49. The summed E-state index contributed by atoms with van der Waals surface area (Å²) in [7, 11) is 0. The Morgan fingerprint density at radius 3 is 2.43 bits per heavy atom. The summed E-state index contributed by atoms with van der Waals surface area (Å²) < 4.78 is 26.2. The molecule has 0 aliphatic heterocycles. The smallest absolute Gasteiger partial charge is 0.172 e. The molecule has 1 fully saturated rings. The summed E-state index contributed by atoms with van der Waals surface area (Å²) in [5.41, 5.74) is 6.30. The molecule has 0 heterocycles. The highest BCUT2D eigenvalue weighted by Gasteiger charge is 2.43. The Bertz CT molecular complexity index is 351. The van der Waals surface area contributed by atoms with Gasteiger partial charge in [0.15, 0.2) is 11.6 Å². The first kappa shape index (κ1) is 10.1. The van der Waals surface area contributed by atoms with Gasteiger partial charge in [0.2, 0.25) is 0 Å². The van der Waals surface area contributed by atoms with E-state index in [0.717, 1.165) is 18.4 Å². The van der Waals surface area contributed by atoms with Crippen molar-refractivity contribution in [3.63, 3.8) is 0 Å². The summed E-state index contributed by atoms with van der Waals surface area (Å²) in [5, 5.41) is 0. The van der Waals surface area contributed by atoms with Crippen molar-refractivity contribution >= 4 is 15.9 Å². The summed E-state index contributed by atoms with van der Waals surface area (Å²) in [4.78, 5) is 0. The van der Waals surface area contributed by atoms with Crippen molar-refractivity contribution in [2.45, 2.75) is 18.3 Å². The molecule has 0 spiro atoms. The molecule has 0 bridgehead atoms. The quantitative estimate of drug-likeness (QED) is 0.815. The molecular formula is C10H10BrF2N. The zero-order valence-corrected chi connectivity index (χ0v) is 9.07. The van der Waals surface area contributed by atoms with Gasteiger partial charge in [0, 0.05) is 12.0 Å². The number of nitrogens with two attached hydrogens (primary N) is 1. The highest BCUT2D eigenvalue weighted by molar-refractivity contribution is 9.10. The molecule has 1 nitrogen and oxygen atoms in total. The lowest BCUT2D eigenvalue weighted by Gasteiger charge is -2.13. The highest BCUT2D eigenvalue weighted by atomic mass is 79.9. The molecular weight excluding hydrogens is 252 g/mol. The maximum Gasteiger partial charge on any atom is 0.172 e. The molecule has 1 saturated carbocycles. The summed E-state index contributed by atoms with van der Waals surface area (Å²) in [6, 6.07) is 2.87. The monoisotopic (exact) mass is 261 g/mol. The largest absolute Gasteiger partial charge is 0.330 e. The van der Waals surface area contributed by atoms with Crippen LogP contribution >= 0.6 is 15.9 Å². The van der Waals surface area contributed by atoms with Gasteiger partial charge in [-0.1, -0.05) is 0 Å². The fourth-order valence-electron chi connectivity index (χ4n) is 1.62. The van der Waals surface area contributed by atoms with E-state index in [1.54, 1.807) is 6.07 Å². The number of hydrogen-bond acceptors (Lipinski definition) is 1. The van der Waals surface area contributed by atoms with Crippen molar-refractivity contribution in [2.24, 2.45) is 5.73 Å². The number of benzene rings is 1. The molecule has 76 valence electrons. The minimum absolute atomic E-state index is 0.100. The van der Waals surface area contributed by atoms with E-state index in [2.05, 4.69) is 15.9 Å². The average molecular weight is 262 g/mol. The Balaban J connectivity index is 2.46. The van der Waals surface area contributed by atoms with Crippen LogP contribution in [-0.4, -0.2) is 6.54 Å². The van der Waals surface area contributed by atoms with Crippen molar-refractivity contribution in [1.82, 2.24) is 0 Å². The molecule has 0 radical (unpaired) electrons. The van der Waals surface area contributed by atoms with Crippen LogP contribution in [0.25, 0.3) is 0 Å². The molecule has 1 aliphatic carbocycles. The van der Waals surface area contributed by atoms with Crippen molar-refractivity contribution in [3.05, 3.63) is 33.8 Å². The van der Waals surface area contributed by atoms with Crippen LogP contribution in [0.5, 0.6) is 0 Å². The molecule has 14 heavy (non-hydrogen) atoms. The normalized spacial score (nSPS) is 18.3. The minimum atomic E-state index is -0.832. The average Bonchev–Trinajstić information content (AvgIpc) is 2.94. The molecule has 1 aromatic carbocycles. The summed E-state index contributed by atoms with van der Waals surface area (Å²) >= 11 is 2.99. The topological polar surface area (TPSA) is 26.0 Å². The van der Waals surface area contributed by atoms with Gasteiger partial charge in [0.05, 0.1) is 4.47 Å². The van der Waals surface area contributed by atoms with Crippen LogP contribution in [0.4, 0.5) is 8.78 Å². The molecule has 0 unspecified atom stereocenters. The first-order valence-electron chi connectivity index (χ1n) is 4.44. The minimum Gasteiger partial charge on any atom is -0.330 e. The van der Waals surface area contributed by atoms with E-state index in [4.69, 9.17) is 5.73 Å². The zero-order chi connectivity index (χ0) is 10.3. The molecule has 0 amide bonds. The van der Waals surface area contributed by atoms with Gasteiger partial charge in [0.1, 0.15) is 0 Å². The van der Waals surface area contributed by atoms with E-state index < -0.39 is 11.6 Å². The maximum absolute atomic E-state index is 13.1. The van der Waals surface area contributed by atoms with E-state index in [-0.39, 0.29) is 9.89 Å². The van der Waals surface area contributed by atoms with E-state index in [1.165, 1.54) is 6.07 Å². The summed E-state index contributed by atoms with van der Waals surface area (Å²) in [6.07, 6.45) is 1.92. The second-order valence-electron chi connectivity index (χ2n) is 3.74. The Kier molecular flexibility index (Phi) is 2.35. The summed E-state index contributed by atoms with van der Waals surface area (Å²) in [6.45, 7) is 0.491. The maximum atomic E-state index is 13.1. The highest BCUT2D eigenvalue weighted by Crippen LogP contribution is 2.48. The second-order valence-corrected chi connectivity index (χ2v) is 4.59. The first-order chi connectivity index (χ1) is 6.59. The van der Waals surface area contributed by atoms with Crippen LogP contribution in [0.2, 0.25) is 0 Å². The van der Waals surface area contributed by atoms with Crippen molar-refractivity contribution in [2.75, 3.05) is 6.54 Å². The fraction of sp³-hybridized carbons (Fsp3) is 0.400. The standard InChI is InChI=1S/C10H10BrF2N/c11-7-3-6(4-8(12)9(7)13)10(5-14)1-2-10/h3-4H,1-2,5,14H2. The number of halogens is 3. The van der Waals surface area contributed by atoms with Gasteiger partial charge in [-0.05, 0) is 46.5 Å². The third kappa shape index (κ3) is 1.46. The van der Waals surface area contributed by atoms with E-state index >= 15 is 0 Å². The van der Waals surface area contributed by atoms with Gasteiger partial charge < -0.3 is 5.73 Å². The second kappa shape index (κ2) is 3.28. The Labute approximate surface area is 89.4 Å². The third-order valence-electron chi connectivity index (χ3n) is 2.84. The molecule has 4 heteroatoms. The van der Waals surface area contributed by atoms with Crippen LogP contribution in [0.1, 0.15) is 18.4 Å². The third-order valence-corrected chi connectivity index (χ3v) is 3.42. The molecule has 2 rings (SSSR count). The lowest BCUT2D eigenvalue weighted by molar-refractivity contribution is 0.500. The van der Waals surface area contributed by atoms with Gasteiger partial charge in [-0.2, -0.15) is 0 Å². The fourth-order valence-corrected chi connectivity index (χ4v) is 2.06. The Morgan fingerprint density at radius 2 is 2.00 bits per heavy atom. The van der Waals surface area contributed by atoms with E-state index in [0.29, 0.717) is 6.54 Å². The van der Waals surface area contributed by atoms with Gasteiger partial charge in [-0.3, -0.25) is 0 Å².